The number of pyridine rings is 2. The van der Waals surface area contributed by atoms with Gasteiger partial charge in [0.15, 0.2) is 0 Å². The summed E-state index contributed by atoms with van der Waals surface area (Å²) < 4.78 is 16.1. The van der Waals surface area contributed by atoms with Crippen LogP contribution < -0.4 is 4.72 Å². The molecule has 0 aliphatic heterocycles. The van der Waals surface area contributed by atoms with E-state index < -0.39 is 5.95 Å². The number of hydrogen-bond acceptors (Lipinski definition) is 5. The molecule has 0 saturated heterocycles. The maximum atomic E-state index is 13.1. The summed E-state index contributed by atoms with van der Waals surface area (Å²) in [5, 5.41) is 1.26. The molecule has 2 aromatic rings. The van der Waals surface area contributed by atoms with Gasteiger partial charge in [-0.2, -0.15) is 4.39 Å². The van der Waals surface area contributed by atoms with Crippen LogP contribution in [0.1, 0.15) is 26.5 Å². The molecule has 0 bridgehead atoms. The van der Waals surface area contributed by atoms with Gasteiger partial charge in [-0.3, -0.25) is 4.99 Å². The number of hydrogen-bond donors (Lipinski definition) is 1. The van der Waals surface area contributed by atoms with Gasteiger partial charge in [-0.1, -0.05) is 49.2 Å². The molecule has 0 spiro atoms. The van der Waals surface area contributed by atoms with Crippen LogP contribution in [-0.4, -0.2) is 22.2 Å². The number of nitrogens with one attached hydrogen (secondary N) is 1. The van der Waals surface area contributed by atoms with E-state index in [2.05, 4.69) is 19.7 Å². The van der Waals surface area contributed by atoms with E-state index in [0.717, 1.165) is 11.9 Å². The average molecular weight is 401 g/mol. The molecule has 0 saturated carbocycles. The van der Waals surface area contributed by atoms with Crippen LogP contribution in [0, 0.1) is 5.95 Å². The topological polar surface area (TPSA) is 50.2 Å². The minimum atomic E-state index is -0.538. The van der Waals surface area contributed by atoms with E-state index >= 15 is 0 Å². The number of halogens is 3. The molecule has 0 aliphatic carbocycles. The van der Waals surface area contributed by atoms with Gasteiger partial charge in [-0.05, 0) is 31.2 Å². The Bertz CT molecular complexity index is 766. The Hall–Kier alpha value is -1.63. The molecule has 0 unspecified atom stereocenters. The summed E-state index contributed by atoms with van der Waals surface area (Å²) in [5.74, 6) is 0.00378. The summed E-state index contributed by atoms with van der Waals surface area (Å²) in [5.41, 5.74) is 1.15. The first-order valence-corrected chi connectivity index (χ1v) is 9.13. The van der Waals surface area contributed by atoms with Gasteiger partial charge in [0.05, 0.1) is 10.7 Å². The van der Waals surface area contributed by atoms with Crippen molar-refractivity contribution in [3.8, 4) is 0 Å². The number of aromatic nitrogens is 2. The molecule has 0 amide bonds. The lowest BCUT2D eigenvalue weighted by atomic mass is 10.1. The summed E-state index contributed by atoms with van der Waals surface area (Å²) in [4.78, 5) is 12.1. The normalized spacial score (nSPS) is 11.6. The van der Waals surface area contributed by atoms with Crippen LogP contribution in [0.3, 0.4) is 0 Å². The molecule has 0 atom stereocenters. The highest BCUT2D eigenvalue weighted by atomic mass is 35.5. The molecule has 8 heteroatoms. The Balaban J connectivity index is 0.00000151. The van der Waals surface area contributed by atoms with Gasteiger partial charge >= 0.3 is 0 Å². The van der Waals surface area contributed by atoms with E-state index in [1.807, 2.05) is 20.8 Å². The van der Waals surface area contributed by atoms with Crippen molar-refractivity contribution in [2.45, 2.75) is 25.8 Å². The summed E-state index contributed by atoms with van der Waals surface area (Å²) in [6, 6.07) is 7.97. The van der Waals surface area contributed by atoms with Gasteiger partial charge < -0.3 is 4.72 Å². The van der Waals surface area contributed by atoms with Crippen molar-refractivity contribution in [3.05, 3.63) is 53.1 Å². The smallest absolute Gasteiger partial charge is 0.213 e. The predicted molar refractivity (Wildman–Crippen MR) is 107 cm³/mol. The van der Waals surface area contributed by atoms with E-state index in [4.69, 9.17) is 23.2 Å². The minimum absolute atomic E-state index is 0.318. The van der Waals surface area contributed by atoms with Crippen LogP contribution in [0.4, 0.5) is 10.2 Å². The van der Waals surface area contributed by atoms with Crippen LogP contribution in [-0.2, 0) is 0 Å². The zero-order chi connectivity index (χ0) is 18.8. The fraction of sp³-hybridized carbons (Fsp3) is 0.235. The molecule has 2 aromatic heterocycles. The van der Waals surface area contributed by atoms with E-state index in [9.17, 15) is 4.39 Å². The zero-order valence-electron chi connectivity index (χ0n) is 14.3. The van der Waals surface area contributed by atoms with Gasteiger partial charge in [0, 0.05) is 24.6 Å². The van der Waals surface area contributed by atoms with E-state index in [1.165, 1.54) is 6.07 Å². The molecule has 2 heterocycles. The van der Waals surface area contributed by atoms with Crippen molar-refractivity contribution >= 4 is 51.7 Å². The molecule has 4 nitrogen and oxygen atoms in total. The highest BCUT2D eigenvalue weighted by Crippen LogP contribution is 2.27. The first kappa shape index (κ1) is 21.4. The van der Waals surface area contributed by atoms with Gasteiger partial charge in [0.2, 0.25) is 5.95 Å². The number of aliphatic imine (C=N–C) groups is 1. The Morgan fingerprint density at radius 2 is 1.96 bits per heavy atom. The molecule has 134 valence electrons. The average Bonchev–Trinajstić information content (AvgIpc) is 2.64. The molecular formula is C17H19Cl2FN4S. The van der Waals surface area contributed by atoms with Crippen LogP contribution >= 0.6 is 35.1 Å². The van der Waals surface area contributed by atoms with Gasteiger partial charge in [-0.25, -0.2) is 9.97 Å². The van der Waals surface area contributed by atoms with Gasteiger partial charge in [-0.15, -0.1) is 0 Å². The second kappa shape index (κ2) is 11.1. The fourth-order valence-electron chi connectivity index (χ4n) is 1.71. The first-order valence-electron chi connectivity index (χ1n) is 7.56. The van der Waals surface area contributed by atoms with E-state index in [-0.39, 0.29) is 0 Å². The maximum Gasteiger partial charge on any atom is 0.213 e. The van der Waals surface area contributed by atoms with E-state index in [1.54, 1.807) is 37.4 Å². The fourth-order valence-corrected chi connectivity index (χ4v) is 2.72. The SMILES string of the molecule is C/C=C(\C(Cl)=NC)c1nc(NSc2cccc(F)n2)ccc1Cl.CC. The summed E-state index contributed by atoms with van der Waals surface area (Å²) in [7, 11) is 1.59. The number of rotatable bonds is 5. The maximum absolute atomic E-state index is 13.1. The number of nitrogens with zero attached hydrogens (tertiary/aromatic N) is 3. The van der Waals surface area contributed by atoms with E-state index in [0.29, 0.717) is 32.3 Å². The Labute approximate surface area is 161 Å². The van der Waals surface area contributed by atoms with Crippen molar-refractivity contribution in [3.63, 3.8) is 0 Å². The zero-order valence-corrected chi connectivity index (χ0v) is 16.7. The lowest BCUT2D eigenvalue weighted by Crippen LogP contribution is -2.01. The summed E-state index contributed by atoms with van der Waals surface area (Å²) in [6.45, 7) is 5.83. The van der Waals surface area contributed by atoms with Crippen LogP contribution in [0.2, 0.25) is 5.02 Å². The number of allylic oxidation sites excluding steroid dienone is 2. The van der Waals surface area contributed by atoms with Crippen molar-refractivity contribution in [2.75, 3.05) is 11.8 Å². The monoisotopic (exact) mass is 400 g/mol. The highest BCUT2D eigenvalue weighted by molar-refractivity contribution is 8.00. The molecule has 25 heavy (non-hydrogen) atoms. The van der Waals surface area contributed by atoms with Crippen molar-refractivity contribution in [2.24, 2.45) is 4.99 Å². The third kappa shape index (κ3) is 6.30. The molecule has 0 aliphatic rings. The quantitative estimate of drug-likeness (QED) is 0.375. The highest BCUT2D eigenvalue weighted by Gasteiger charge is 2.13. The van der Waals surface area contributed by atoms with Gasteiger partial charge in [0.1, 0.15) is 16.0 Å². The second-order valence-corrected chi connectivity index (χ2v) is 5.84. The molecule has 0 radical (unpaired) electrons. The van der Waals surface area contributed by atoms with Crippen LogP contribution in [0.25, 0.3) is 5.57 Å². The summed E-state index contributed by atoms with van der Waals surface area (Å²) in [6.07, 6.45) is 1.79. The minimum Gasteiger partial charge on any atom is -0.309 e. The lowest BCUT2D eigenvalue weighted by Gasteiger charge is -2.10. The third-order valence-electron chi connectivity index (χ3n) is 2.76. The van der Waals surface area contributed by atoms with Crippen molar-refractivity contribution < 1.29 is 4.39 Å². The largest absolute Gasteiger partial charge is 0.309 e. The van der Waals surface area contributed by atoms with Crippen molar-refractivity contribution in [1.29, 1.82) is 0 Å². The van der Waals surface area contributed by atoms with Crippen LogP contribution in [0.15, 0.2) is 46.4 Å². The number of anilines is 1. The molecule has 1 N–H and O–H groups in total. The first-order chi connectivity index (χ1) is 12.0. The molecular weight excluding hydrogens is 382 g/mol. The second-order valence-electron chi connectivity index (χ2n) is 4.25. The Kier molecular flexibility index (Phi) is 9.49. The Morgan fingerprint density at radius 1 is 1.24 bits per heavy atom. The summed E-state index contributed by atoms with van der Waals surface area (Å²) >= 11 is 13.4. The predicted octanol–water partition coefficient (Wildman–Crippen LogP) is 6.08. The Morgan fingerprint density at radius 3 is 2.56 bits per heavy atom. The van der Waals surface area contributed by atoms with Crippen molar-refractivity contribution in [1.82, 2.24) is 9.97 Å². The molecule has 2 rings (SSSR count). The van der Waals surface area contributed by atoms with Crippen LogP contribution in [0.5, 0.6) is 0 Å². The standard InChI is InChI=1S/C15H13Cl2FN4S.C2H6/c1-3-9(15(17)19-2)14-10(16)7-8-12(21-14)22-23-13-6-4-5-11(18)20-13;1-2/h3-8H,1-2H3,(H,21,22);1-2H3/b9-3-,19-15?;. The molecule has 0 aromatic carbocycles. The van der Waals surface area contributed by atoms with Gasteiger partial charge in [0.25, 0.3) is 0 Å². The third-order valence-corrected chi connectivity index (χ3v) is 4.18. The lowest BCUT2D eigenvalue weighted by molar-refractivity contribution is 0.572. The molecule has 0 fully saturated rings.